The van der Waals surface area contributed by atoms with Crippen LogP contribution in [-0.2, 0) is 11.3 Å². The molecule has 2 nitrogen and oxygen atoms in total. The van der Waals surface area contributed by atoms with Crippen molar-refractivity contribution in [2.24, 2.45) is 11.8 Å². The van der Waals surface area contributed by atoms with Crippen LogP contribution in [0.4, 0.5) is 0 Å². The Morgan fingerprint density at radius 3 is 2.68 bits per heavy atom. The minimum absolute atomic E-state index is 0.0654. The number of hydrogen-bond donors (Lipinski definition) is 0. The van der Waals surface area contributed by atoms with Gasteiger partial charge in [0.1, 0.15) is 0 Å². The van der Waals surface area contributed by atoms with Gasteiger partial charge in [0, 0.05) is 18.0 Å². The van der Waals surface area contributed by atoms with E-state index in [4.69, 9.17) is 11.2 Å². The van der Waals surface area contributed by atoms with Gasteiger partial charge in [-0.1, -0.05) is 49.6 Å². The van der Waals surface area contributed by atoms with E-state index in [0.717, 1.165) is 18.9 Å². The van der Waals surface area contributed by atoms with E-state index in [-0.39, 0.29) is 11.8 Å². The first kappa shape index (κ1) is 15.6. The molecule has 1 aromatic rings. The number of fused-ring (bicyclic) bond motifs is 1. The molecule has 0 aromatic heterocycles. The summed E-state index contributed by atoms with van der Waals surface area (Å²) in [6.07, 6.45) is 9.58. The molecule has 0 spiro atoms. The average Bonchev–Trinajstić information content (AvgIpc) is 2.50. The summed E-state index contributed by atoms with van der Waals surface area (Å²) in [5, 5.41) is 0. The Kier molecular flexibility index (Phi) is 4.30. The predicted octanol–water partition coefficient (Wildman–Crippen LogP) is 4.06. The van der Waals surface area contributed by atoms with Crippen molar-refractivity contribution in [2.75, 3.05) is 0 Å². The third-order valence-electron chi connectivity index (χ3n) is 5.63. The van der Waals surface area contributed by atoms with E-state index < -0.39 is 0 Å². The van der Waals surface area contributed by atoms with Crippen molar-refractivity contribution >= 4 is 0 Å². The summed E-state index contributed by atoms with van der Waals surface area (Å²) in [6, 6.07) is 10.6. The Morgan fingerprint density at radius 1 is 1.27 bits per heavy atom. The molecule has 3 rings (SSSR count). The lowest BCUT2D eigenvalue weighted by atomic mass is 9.69. The summed E-state index contributed by atoms with van der Waals surface area (Å²) in [4.78, 5) is 2.37. The second-order valence-corrected chi connectivity index (χ2v) is 7.49. The fourth-order valence-electron chi connectivity index (χ4n) is 4.24. The molecule has 0 N–H and O–H groups in total. The molecule has 0 bridgehead atoms. The lowest BCUT2D eigenvalue weighted by Gasteiger charge is -2.56. The number of nitrogens with zero attached hydrogens (tertiary/aromatic N) is 1. The van der Waals surface area contributed by atoms with Crippen molar-refractivity contribution in [2.45, 2.75) is 64.4 Å². The highest BCUT2D eigenvalue weighted by Crippen LogP contribution is 2.45. The topological polar surface area (TPSA) is 12.5 Å². The lowest BCUT2D eigenvalue weighted by molar-refractivity contribution is -0.215. The van der Waals surface area contributed by atoms with Crippen LogP contribution in [0.1, 0.15) is 45.6 Å². The molecule has 2 heteroatoms. The van der Waals surface area contributed by atoms with Gasteiger partial charge >= 0.3 is 0 Å². The maximum absolute atomic E-state index is 6.32. The normalized spacial score (nSPS) is 34.6. The average molecular weight is 297 g/mol. The van der Waals surface area contributed by atoms with Crippen LogP contribution in [0.3, 0.4) is 0 Å². The molecule has 0 radical (unpaired) electrons. The van der Waals surface area contributed by atoms with Gasteiger partial charge < -0.3 is 4.74 Å². The molecule has 1 aliphatic heterocycles. The maximum Gasteiger partial charge on any atom is 0.174 e. The van der Waals surface area contributed by atoms with E-state index in [1.54, 1.807) is 0 Å². The monoisotopic (exact) mass is 297 g/mol. The summed E-state index contributed by atoms with van der Waals surface area (Å²) in [5.74, 6) is 4.19. The van der Waals surface area contributed by atoms with Gasteiger partial charge in [-0.2, -0.15) is 0 Å². The van der Waals surface area contributed by atoms with Crippen LogP contribution in [0.5, 0.6) is 0 Å². The standard InChI is InChI=1S/C20H27NO/c1-5-19-21(14-16-9-7-6-8-10-16)20(3,4)17-12-11-15(2)13-18(17)22-19/h1,6-10,15,17-19H,11-14H2,2-4H3/t15-,17-,18-,19+/m1/s1. The van der Waals surface area contributed by atoms with Gasteiger partial charge in [-0.05, 0) is 38.2 Å². The molecule has 0 amide bonds. The van der Waals surface area contributed by atoms with E-state index in [9.17, 15) is 0 Å². The van der Waals surface area contributed by atoms with Crippen molar-refractivity contribution in [3.05, 3.63) is 35.9 Å². The summed E-state index contributed by atoms with van der Waals surface area (Å²) in [7, 11) is 0. The van der Waals surface area contributed by atoms with E-state index >= 15 is 0 Å². The highest BCUT2D eigenvalue weighted by Gasteiger charge is 2.49. The number of benzene rings is 1. The third-order valence-corrected chi connectivity index (χ3v) is 5.63. The third kappa shape index (κ3) is 2.81. The molecule has 118 valence electrons. The Morgan fingerprint density at radius 2 is 2.00 bits per heavy atom. The second-order valence-electron chi connectivity index (χ2n) is 7.49. The zero-order valence-corrected chi connectivity index (χ0v) is 14.0. The van der Waals surface area contributed by atoms with Crippen LogP contribution in [-0.4, -0.2) is 22.8 Å². The van der Waals surface area contributed by atoms with E-state index in [1.807, 2.05) is 0 Å². The molecule has 1 aliphatic carbocycles. The molecule has 4 atom stereocenters. The first-order valence-corrected chi connectivity index (χ1v) is 8.44. The maximum atomic E-state index is 6.32. The molecule has 1 saturated heterocycles. The SMILES string of the molecule is C#C[C@@H]1O[C@@H]2C[C@H](C)CC[C@H]2C(C)(C)N1Cc1ccccc1. The molecule has 0 unspecified atom stereocenters. The molecular weight excluding hydrogens is 270 g/mol. The van der Waals surface area contributed by atoms with Crippen LogP contribution < -0.4 is 0 Å². The van der Waals surface area contributed by atoms with Crippen LogP contribution >= 0.6 is 0 Å². The first-order chi connectivity index (χ1) is 10.5. The first-order valence-electron chi connectivity index (χ1n) is 8.44. The molecule has 1 saturated carbocycles. The Labute approximate surface area is 134 Å². The van der Waals surface area contributed by atoms with Crippen LogP contribution in [0.25, 0.3) is 0 Å². The number of hydrogen-bond acceptors (Lipinski definition) is 2. The Hall–Kier alpha value is -1.30. The highest BCUT2D eigenvalue weighted by molar-refractivity contribution is 5.17. The minimum Gasteiger partial charge on any atom is -0.348 e. The molecule has 22 heavy (non-hydrogen) atoms. The lowest BCUT2D eigenvalue weighted by Crippen LogP contribution is -2.63. The predicted molar refractivity (Wildman–Crippen MR) is 90.1 cm³/mol. The van der Waals surface area contributed by atoms with Gasteiger partial charge in [0.15, 0.2) is 6.23 Å². The van der Waals surface area contributed by atoms with Crippen LogP contribution in [0, 0.1) is 24.2 Å². The van der Waals surface area contributed by atoms with Crippen molar-refractivity contribution in [3.63, 3.8) is 0 Å². The zero-order valence-electron chi connectivity index (χ0n) is 14.0. The molecular formula is C20H27NO. The van der Waals surface area contributed by atoms with E-state index in [2.05, 4.69) is 61.9 Å². The van der Waals surface area contributed by atoms with Crippen molar-refractivity contribution < 1.29 is 4.74 Å². The largest absolute Gasteiger partial charge is 0.348 e. The highest BCUT2D eigenvalue weighted by atomic mass is 16.5. The molecule has 2 fully saturated rings. The summed E-state index contributed by atoms with van der Waals surface area (Å²) in [6.45, 7) is 7.86. The summed E-state index contributed by atoms with van der Waals surface area (Å²) < 4.78 is 6.32. The van der Waals surface area contributed by atoms with Gasteiger partial charge in [0.05, 0.1) is 6.10 Å². The van der Waals surface area contributed by atoms with Gasteiger partial charge in [-0.25, -0.2) is 0 Å². The second kappa shape index (κ2) is 6.07. The minimum atomic E-state index is -0.221. The molecule has 1 aromatic carbocycles. The molecule has 1 heterocycles. The Balaban J connectivity index is 1.86. The van der Waals surface area contributed by atoms with Crippen LogP contribution in [0.2, 0.25) is 0 Å². The number of rotatable bonds is 2. The number of ether oxygens (including phenoxy) is 1. The van der Waals surface area contributed by atoms with Gasteiger partial charge in [-0.3, -0.25) is 4.90 Å². The van der Waals surface area contributed by atoms with Crippen LogP contribution in [0.15, 0.2) is 30.3 Å². The summed E-state index contributed by atoms with van der Waals surface area (Å²) >= 11 is 0. The van der Waals surface area contributed by atoms with Crippen molar-refractivity contribution in [1.82, 2.24) is 4.90 Å². The van der Waals surface area contributed by atoms with E-state index in [1.165, 1.54) is 18.4 Å². The van der Waals surface area contributed by atoms with Gasteiger partial charge in [0.25, 0.3) is 0 Å². The zero-order chi connectivity index (χ0) is 15.7. The fourth-order valence-corrected chi connectivity index (χ4v) is 4.24. The Bertz CT molecular complexity index is 545. The molecule has 2 aliphatic rings. The van der Waals surface area contributed by atoms with E-state index in [0.29, 0.717) is 12.0 Å². The summed E-state index contributed by atoms with van der Waals surface area (Å²) in [5.41, 5.74) is 1.36. The van der Waals surface area contributed by atoms with Crippen molar-refractivity contribution in [3.8, 4) is 12.3 Å². The van der Waals surface area contributed by atoms with Gasteiger partial charge in [0.2, 0.25) is 0 Å². The fraction of sp³-hybridized carbons (Fsp3) is 0.600. The van der Waals surface area contributed by atoms with Gasteiger partial charge in [-0.15, -0.1) is 6.42 Å². The smallest absolute Gasteiger partial charge is 0.174 e. The quantitative estimate of drug-likeness (QED) is 0.763. The number of terminal acetylenes is 1. The van der Waals surface area contributed by atoms with Crippen molar-refractivity contribution in [1.29, 1.82) is 0 Å².